The monoisotopic (exact) mass is 888 g/mol. The van der Waals surface area contributed by atoms with Gasteiger partial charge in [0.1, 0.15) is 12.1 Å². The maximum Gasteiger partial charge on any atom is 0.472 e. The van der Waals surface area contributed by atoms with Gasteiger partial charge in [-0.3, -0.25) is 18.6 Å². The van der Waals surface area contributed by atoms with Crippen LogP contribution in [-0.2, 0) is 32.7 Å². The summed E-state index contributed by atoms with van der Waals surface area (Å²) in [6.45, 7) is 3.94. The molecule has 0 aliphatic carbocycles. The summed E-state index contributed by atoms with van der Waals surface area (Å²) in [6.07, 6.45) is 51.2. The molecule has 0 rings (SSSR count). The lowest BCUT2D eigenvalue weighted by Crippen LogP contribution is -2.34. The van der Waals surface area contributed by atoms with Gasteiger partial charge in [-0.25, -0.2) is 4.57 Å². The molecule has 0 saturated carbocycles. The second-order valence-electron chi connectivity index (χ2n) is 17.7. The van der Waals surface area contributed by atoms with Gasteiger partial charge in [0.15, 0.2) is 0 Å². The number of carbonyl (C=O) groups is 2. The molecule has 10 nitrogen and oxygen atoms in total. The summed E-state index contributed by atoms with van der Waals surface area (Å²) in [6, 6.07) is -1.47. The highest BCUT2D eigenvalue weighted by atomic mass is 31.2. The van der Waals surface area contributed by atoms with Gasteiger partial charge in [0.25, 0.3) is 0 Å². The van der Waals surface area contributed by atoms with Crippen LogP contribution in [-0.4, -0.2) is 60.5 Å². The minimum Gasteiger partial charge on any atom is -0.480 e. The van der Waals surface area contributed by atoms with Crippen molar-refractivity contribution in [3.05, 3.63) is 12.2 Å². The van der Waals surface area contributed by atoms with E-state index < -0.39 is 45.1 Å². The van der Waals surface area contributed by atoms with E-state index in [2.05, 4.69) is 26.0 Å². The number of hydrogen-bond acceptors (Lipinski definition) is 8. The Kier molecular flexibility index (Phi) is 45.7. The number of hydrogen-bond donors (Lipinski definition) is 3. The second-order valence-corrected chi connectivity index (χ2v) is 19.1. The molecule has 61 heavy (non-hydrogen) atoms. The van der Waals surface area contributed by atoms with Crippen molar-refractivity contribution in [1.29, 1.82) is 0 Å². The molecule has 0 bridgehead atoms. The topological polar surface area (TPSA) is 155 Å². The SMILES string of the molecule is CCCCCCCCC/C=C\CCCCCCCCCC(=O)OC(COCCCCCCCCCCCCCCCCCCCCCCC)COP(=O)(O)OCC(N)C(=O)O. The Morgan fingerprint density at radius 1 is 0.508 bits per heavy atom. The molecule has 3 atom stereocenters. The van der Waals surface area contributed by atoms with E-state index in [1.54, 1.807) is 0 Å². The number of carboxylic acids is 1. The number of carbonyl (C=O) groups excluding carboxylic acids is 1. The minimum atomic E-state index is -4.62. The Balaban J connectivity index is 4.10. The highest BCUT2D eigenvalue weighted by Crippen LogP contribution is 2.43. The van der Waals surface area contributed by atoms with Crippen molar-refractivity contribution in [2.45, 2.75) is 270 Å². The van der Waals surface area contributed by atoms with Gasteiger partial charge in [0, 0.05) is 13.0 Å². The molecule has 362 valence electrons. The first-order valence-corrected chi connectivity index (χ1v) is 27.2. The molecule has 0 aliphatic rings. The van der Waals surface area contributed by atoms with Crippen molar-refractivity contribution in [3.8, 4) is 0 Å². The molecule has 3 unspecified atom stereocenters. The van der Waals surface area contributed by atoms with Crippen LogP contribution in [0.25, 0.3) is 0 Å². The summed E-state index contributed by atoms with van der Waals surface area (Å²) in [5.41, 5.74) is 5.37. The maximum absolute atomic E-state index is 12.7. The van der Waals surface area contributed by atoms with Crippen LogP contribution in [0.5, 0.6) is 0 Å². The second kappa shape index (κ2) is 46.7. The van der Waals surface area contributed by atoms with Gasteiger partial charge in [-0.15, -0.1) is 0 Å². The van der Waals surface area contributed by atoms with Crippen LogP contribution in [0, 0.1) is 0 Å². The number of rotatable bonds is 50. The molecule has 0 radical (unpaired) electrons. The molecule has 0 aromatic heterocycles. The number of nitrogens with two attached hydrogens (primary N) is 1. The van der Waals surface area contributed by atoms with Crippen LogP contribution in [0.3, 0.4) is 0 Å². The van der Waals surface area contributed by atoms with Gasteiger partial charge >= 0.3 is 19.8 Å². The number of carboxylic acid groups (broad SMARTS) is 1. The molecule has 0 heterocycles. The van der Waals surface area contributed by atoms with E-state index in [1.165, 1.54) is 186 Å². The average Bonchev–Trinajstić information content (AvgIpc) is 3.24. The van der Waals surface area contributed by atoms with E-state index >= 15 is 0 Å². The average molecular weight is 888 g/mol. The van der Waals surface area contributed by atoms with E-state index in [9.17, 15) is 19.0 Å². The molecular formula is C50H98NO9P. The van der Waals surface area contributed by atoms with E-state index in [4.69, 9.17) is 29.4 Å². The van der Waals surface area contributed by atoms with Gasteiger partial charge < -0.3 is 25.2 Å². The fourth-order valence-corrected chi connectivity index (χ4v) is 8.32. The molecule has 4 N–H and O–H groups in total. The standard InChI is InChI=1S/C50H98NO9P/c1-3-5-7-9-11-13-15-17-19-21-23-24-25-27-29-31-33-35-37-39-41-43-57-44-47(45-58-61(55,56)59-46-48(51)50(53)54)60-49(52)42-40-38-36-34-32-30-28-26-22-20-18-16-14-12-10-8-6-4-2/h20,22,47-48H,3-19,21,23-46,51H2,1-2H3,(H,53,54)(H,55,56)/b22-20-. The molecular weight excluding hydrogens is 790 g/mol. The van der Waals surface area contributed by atoms with Crippen LogP contribution in [0.4, 0.5) is 0 Å². The zero-order chi connectivity index (χ0) is 44.8. The first-order valence-electron chi connectivity index (χ1n) is 25.7. The van der Waals surface area contributed by atoms with Crippen LogP contribution in [0.2, 0.25) is 0 Å². The smallest absolute Gasteiger partial charge is 0.472 e. The molecule has 0 aliphatic heterocycles. The molecule has 0 fully saturated rings. The molecule has 0 amide bonds. The Bertz CT molecular complexity index is 1030. The lowest BCUT2D eigenvalue weighted by molar-refractivity contribution is -0.154. The van der Waals surface area contributed by atoms with Crippen molar-refractivity contribution in [1.82, 2.24) is 0 Å². The lowest BCUT2D eigenvalue weighted by atomic mass is 10.0. The van der Waals surface area contributed by atoms with Crippen molar-refractivity contribution >= 4 is 19.8 Å². The van der Waals surface area contributed by atoms with E-state index in [0.717, 1.165) is 44.9 Å². The lowest BCUT2D eigenvalue weighted by Gasteiger charge is -2.20. The van der Waals surface area contributed by atoms with Gasteiger partial charge in [-0.05, 0) is 38.5 Å². The number of unbranched alkanes of at least 4 members (excludes halogenated alkanes) is 34. The number of phosphoric acid groups is 1. The molecule has 11 heteroatoms. The van der Waals surface area contributed by atoms with Crippen molar-refractivity contribution in [2.75, 3.05) is 26.4 Å². The summed E-state index contributed by atoms with van der Waals surface area (Å²) in [5.74, 6) is -1.77. The zero-order valence-electron chi connectivity index (χ0n) is 39.8. The summed E-state index contributed by atoms with van der Waals surface area (Å²) < 4.78 is 33.5. The van der Waals surface area contributed by atoms with Gasteiger partial charge in [0.2, 0.25) is 0 Å². The number of esters is 1. The Morgan fingerprint density at radius 3 is 1.25 bits per heavy atom. The highest BCUT2D eigenvalue weighted by molar-refractivity contribution is 7.47. The molecule has 0 spiro atoms. The van der Waals surface area contributed by atoms with Crippen molar-refractivity contribution in [3.63, 3.8) is 0 Å². The van der Waals surface area contributed by atoms with Crippen molar-refractivity contribution in [2.24, 2.45) is 5.73 Å². The summed E-state index contributed by atoms with van der Waals surface area (Å²) in [5, 5.41) is 8.93. The largest absolute Gasteiger partial charge is 0.480 e. The Labute approximate surface area is 375 Å². The van der Waals surface area contributed by atoms with Crippen LogP contribution < -0.4 is 5.73 Å². The van der Waals surface area contributed by atoms with Crippen molar-refractivity contribution < 1.29 is 42.7 Å². The summed E-state index contributed by atoms with van der Waals surface area (Å²) >= 11 is 0. The van der Waals surface area contributed by atoms with Crippen LogP contribution >= 0.6 is 7.82 Å². The highest BCUT2D eigenvalue weighted by Gasteiger charge is 2.27. The number of allylic oxidation sites excluding steroid dienone is 2. The third-order valence-electron chi connectivity index (χ3n) is 11.5. The summed E-state index contributed by atoms with van der Waals surface area (Å²) in [4.78, 5) is 33.7. The van der Waals surface area contributed by atoms with Gasteiger partial charge in [-0.2, -0.15) is 0 Å². The normalized spacial score (nSPS) is 13.8. The predicted octanol–water partition coefficient (Wildman–Crippen LogP) is 14.9. The van der Waals surface area contributed by atoms with E-state index in [-0.39, 0.29) is 13.0 Å². The third-order valence-corrected chi connectivity index (χ3v) is 12.5. The Morgan fingerprint density at radius 2 is 0.852 bits per heavy atom. The Hall–Kier alpha value is -1.29. The fraction of sp³-hybridized carbons (Fsp3) is 0.920. The zero-order valence-corrected chi connectivity index (χ0v) is 40.7. The van der Waals surface area contributed by atoms with Gasteiger partial charge in [-0.1, -0.05) is 225 Å². The minimum absolute atomic E-state index is 0.0217. The quantitative estimate of drug-likeness (QED) is 0.0233. The van der Waals surface area contributed by atoms with E-state index in [1.807, 2.05) is 0 Å². The number of ether oxygens (including phenoxy) is 2. The summed E-state index contributed by atoms with van der Waals surface area (Å²) in [7, 11) is -4.62. The number of aliphatic carboxylic acids is 1. The maximum atomic E-state index is 12.7. The molecule has 0 aromatic carbocycles. The van der Waals surface area contributed by atoms with Crippen LogP contribution in [0.1, 0.15) is 258 Å². The predicted molar refractivity (Wildman–Crippen MR) is 254 cm³/mol. The number of phosphoric ester groups is 1. The molecule has 0 saturated heterocycles. The fourth-order valence-electron chi connectivity index (χ4n) is 7.54. The van der Waals surface area contributed by atoms with Gasteiger partial charge in [0.05, 0.1) is 19.8 Å². The first kappa shape index (κ1) is 59.7. The van der Waals surface area contributed by atoms with Crippen LogP contribution in [0.15, 0.2) is 12.2 Å². The molecule has 0 aromatic rings. The van der Waals surface area contributed by atoms with E-state index in [0.29, 0.717) is 13.0 Å². The third kappa shape index (κ3) is 46.5. The first-order chi connectivity index (χ1) is 29.7.